The van der Waals surface area contributed by atoms with Gasteiger partial charge in [-0.25, -0.2) is 4.79 Å². The Kier molecular flexibility index (Phi) is 3.83. The van der Waals surface area contributed by atoms with Gasteiger partial charge in [0.2, 0.25) is 5.91 Å². The van der Waals surface area contributed by atoms with E-state index < -0.39 is 28.8 Å². The molecule has 1 aliphatic heterocycles. The first-order chi connectivity index (χ1) is 13.3. The second-order valence-electron chi connectivity index (χ2n) is 12.1. The van der Waals surface area contributed by atoms with E-state index >= 15 is 0 Å². The van der Waals surface area contributed by atoms with Crippen LogP contribution in [-0.2, 0) is 9.53 Å². The Morgan fingerprint density at radius 1 is 1.21 bits per heavy atom. The Morgan fingerprint density at radius 2 is 1.93 bits per heavy atom. The molecule has 8 atom stereocenters. The van der Waals surface area contributed by atoms with Crippen molar-refractivity contribution in [3.63, 3.8) is 0 Å². The molecule has 0 radical (unpaired) electrons. The molecular formula is C22H35N3O4. The second kappa shape index (κ2) is 5.67. The minimum Gasteiger partial charge on any atom is -0.444 e. The molecule has 7 heteroatoms. The van der Waals surface area contributed by atoms with Crippen LogP contribution in [0.2, 0.25) is 0 Å². The first-order valence-corrected chi connectivity index (χ1v) is 11.1. The smallest absolute Gasteiger partial charge is 0.408 e. The SMILES string of the molecule is CC(C)(C)OC(=O)NC(C(=O)N1C(N)CC2CC21)C1(C)CC2(O)CC3CC3(C2)C1. The van der Waals surface area contributed by atoms with Crippen LogP contribution in [-0.4, -0.2) is 51.5 Å². The molecule has 0 aromatic carbocycles. The van der Waals surface area contributed by atoms with Gasteiger partial charge in [0, 0.05) is 11.5 Å². The highest BCUT2D eigenvalue weighted by atomic mass is 16.6. The largest absolute Gasteiger partial charge is 0.444 e. The first kappa shape index (κ1) is 19.6. The van der Waals surface area contributed by atoms with Crippen molar-refractivity contribution < 1.29 is 19.4 Å². The third kappa shape index (κ3) is 3.16. The molecule has 162 valence electrons. The van der Waals surface area contributed by atoms with Gasteiger partial charge in [0.15, 0.2) is 0 Å². The van der Waals surface area contributed by atoms with Gasteiger partial charge in [-0.2, -0.15) is 0 Å². The summed E-state index contributed by atoms with van der Waals surface area (Å²) in [4.78, 5) is 28.3. The second-order valence-corrected chi connectivity index (χ2v) is 12.1. The minimum absolute atomic E-state index is 0.102. The highest BCUT2D eigenvalue weighted by Crippen LogP contribution is 2.75. The molecule has 4 N–H and O–H groups in total. The molecule has 1 spiro atoms. The fraction of sp³-hybridized carbons (Fsp3) is 0.909. The maximum atomic E-state index is 13.7. The lowest BCUT2D eigenvalue weighted by molar-refractivity contribution is -0.143. The fourth-order valence-electron chi connectivity index (χ4n) is 7.29. The predicted octanol–water partition coefficient (Wildman–Crippen LogP) is 2.12. The number of nitrogens with two attached hydrogens (primary N) is 1. The van der Waals surface area contributed by atoms with Crippen molar-refractivity contribution >= 4 is 12.0 Å². The summed E-state index contributed by atoms with van der Waals surface area (Å²) in [5.41, 5.74) is 4.54. The molecule has 2 amide bonds. The monoisotopic (exact) mass is 405 g/mol. The molecule has 5 rings (SSSR count). The van der Waals surface area contributed by atoms with Crippen LogP contribution in [0.1, 0.15) is 72.6 Å². The van der Waals surface area contributed by atoms with Crippen LogP contribution in [0.15, 0.2) is 0 Å². The van der Waals surface area contributed by atoms with E-state index in [0.29, 0.717) is 18.3 Å². The van der Waals surface area contributed by atoms with Crippen molar-refractivity contribution in [2.75, 3.05) is 0 Å². The van der Waals surface area contributed by atoms with Crippen molar-refractivity contribution in [1.29, 1.82) is 0 Å². The molecule has 2 bridgehead atoms. The van der Waals surface area contributed by atoms with Gasteiger partial charge in [0.25, 0.3) is 0 Å². The topological polar surface area (TPSA) is 105 Å². The predicted molar refractivity (Wildman–Crippen MR) is 107 cm³/mol. The quantitative estimate of drug-likeness (QED) is 0.667. The zero-order valence-electron chi connectivity index (χ0n) is 18.0. The third-order valence-corrected chi connectivity index (χ3v) is 8.16. The molecule has 8 unspecified atom stereocenters. The molecular weight excluding hydrogens is 370 g/mol. The molecule has 29 heavy (non-hydrogen) atoms. The molecule has 4 saturated carbocycles. The van der Waals surface area contributed by atoms with Crippen LogP contribution >= 0.6 is 0 Å². The molecule has 1 heterocycles. The van der Waals surface area contributed by atoms with E-state index in [1.54, 1.807) is 4.90 Å². The highest BCUT2D eigenvalue weighted by molar-refractivity contribution is 5.88. The number of ether oxygens (including phenoxy) is 1. The van der Waals surface area contributed by atoms with E-state index in [2.05, 4.69) is 12.2 Å². The average molecular weight is 406 g/mol. The maximum Gasteiger partial charge on any atom is 0.408 e. The van der Waals surface area contributed by atoms with Crippen LogP contribution in [0.25, 0.3) is 0 Å². The van der Waals surface area contributed by atoms with Gasteiger partial charge in [-0.15, -0.1) is 0 Å². The summed E-state index contributed by atoms with van der Waals surface area (Å²) in [6.45, 7) is 7.50. The number of likely N-dealkylation sites (tertiary alicyclic amines) is 1. The molecule has 5 aliphatic rings. The van der Waals surface area contributed by atoms with Gasteiger partial charge in [0.05, 0.1) is 11.8 Å². The lowest BCUT2D eigenvalue weighted by Crippen LogP contribution is -2.62. The molecule has 4 aliphatic carbocycles. The fourth-order valence-corrected chi connectivity index (χ4v) is 7.29. The number of alkyl carbamates (subject to hydrolysis) is 1. The number of nitrogens with zero attached hydrogens (tertiary/aromatic N) is 1. The lowest BCUT2D eigenvalue weighted by Gasteiger charge is -2.48. The maximum absolute atomic E-state index is 13.7. The van der Waals surface area contributed by atoms with E-state index in [4.69, 9.17) is 10.5 Å². The number of amides is 2. The Morgan fingerprint density at radius 3 is 2.52 bits per heavy atom. The van der Waals surface area contributed by atoms with Gasteiger partial charge < -0.3 is 25.8 Å². The first-order valence-electron chi connectivity index (χ1n) is 11.1. The van der Waals surface area contributed by atoms with E-state index in [-0.39, 0.29) is 23.5 Å². The number of carbonyl (C=O) groups is 2. The summed E-state index contributed by atoms with van der Waals surface area (Å²) >= 11 is 0. The number of fused-ring (bicyclic) bond motifs is 2. The van der Waals surface area contributed by atoms with Gasteiger partial charge >= 0.3 is 6.09 Å². The standard InChI is InChI=1S/C22H35N3O4/c1-19(2,3)29-18(27)24-16(17(26)25-14-5-12(14)6-15(25)23)20(4)9-21-7-13(21)8-22(28,10-20)11-21/h12-16,28H,5-11,23H2,1-4H3,(H,24,27). The number of aliphatic hydroxyl groups is 1. The summed E-state index contributed by atoms with van der Waals surface area (Å²) < 4.78 is 5.50. The zero-order valence-corrected chi connectivity index (χ0v) is 18.0. The Labute approximate surface area is 172 Å². The Balaban J connectivity index is 1.43. The molecule has 5 fully saturated rings. The van der Waals surface area contributed by atoms with Crippen molar-refractivity contribution in [2.45, 2.75) is 102 Å². The van der Waals surface area contributed by atoms with Crippen molar-refractivity contribution in [2.24, 2.45) is 28.4 Å². The van der Waals surface area contributed by atoms with Crippen molar-refractivity contribution in [3.05, 3.63) is 0 Å². The molecule has 0 aromatic rings. The number of hydrogen-bond donors (Lipinski definition) is 3. The lowest BCUT2D eigenvalue weighted by atomic mass is 9.61. The number of carbonyl (C=O) groups excluding carboxylic acids is 2. The zero-order chi connectivity index (χ0) is 21.0. The van der Waals surface area contributed by atoms with Crippen LogP contribution in [0.3, 0.4) is 0 Å². The number of hydrogen-bond acceptors (Lipinski definition) is 5. The average Bonchev–Trinajstić information content (AvgIpc) is 3.36. The summed E-state index contributed by atoms with van der Waals surface area (Å²) in [6, 6.07) is -0.523. The number of rotatable bonds is 3. The molecule has 1 saturated heterocycles. The van der Waals surface area contributed by atoms with E-state index in [1.807, 2.05) is 20.8 Å². The molecule has 7 nitrogen and oxygen atoms in total. The minimum atomic E-state index is -0.731. The van der Waals surface area contributed by atoms with Gasteiger partial charge in [0.1, 0.15) is 11.6 Å². The van der Waals surface area contributed by atoms with E-state index in [1.165, 1.54) is 0 Å². The van der Waals surface area contributed by atoms with Crippen LogP contribution < -0.4 is 11.1 Å². The Bertz CT molecular complexity index is 756. The number of nitrogens with one attached hydrogen (secondary N) is 1. The highest BCUT2D eigenvalue weighted by Gasteiger charge is 2.72. The number of piperidine rings is 1. The van der Waals surface area contributed by atoms with E-state index in [9.17, 15) is 14.7 Å². The van der Waals surface area contributed by atoms with Crippen LogP contribution in [0.5, 0.6) is 0 Å². The van der Waals surface area contributed by atoms with Crippen LogP contribution in [0, 0.1) is 22.7 Å². The third-order valence-electron chi connectivity index (χ3n) is 8.16. The van der Waals surface area contributed by atoms with E-state index in [0.717, 1.165) is 38.5 Å². The normalized spacial score (nSPS) is 47.9. The van der Waals surface area contributed by atoms with Crippen molar-refractivity contribution in [3.8, 4) is 0 Å². The summed E-state index contributed by atoms with van der Waals surface area (Å²) in [7, 11) is 0. The van der Waals surface area contributed by atoms with Gasteiger partial charge in [-0.05, 0) is 83.0 Å². The van der Waals surface area contributed by atoms with Gasteiger partial charge in [-0.3, -0.25) is 4.79 Å². The van der Waals surface area contributed by atoms with Gasteiger partial charge in [-0.1, -0.05) is 6.92 Å². The summed E-state index contributed by atoms with van der Waals surface area (Å²) in [5, 5.41) is 14.1. The molecule has 0 aromatic heterocycles. The summed E-state index contributed by atoms with van der Waals surface area (Å²) in [6.07, 6.45) is 5.16. The summed E-state index contributed by atoms with van der Waals surface area (Å²) in [5.74, 6) is 0.963. The van der Waals surface area contributed by atoms with Crippen LogP contribution in [0.4, 0.5) is 4.79 Å². The van der Waals surface area contributed by atoms with Crippen molar-refractivity contribution in [1.82, 2.24) is 10.2 Å². The Hall–Kier alpha value is -1.34.